The van der Waals surface area contributed by atoms with E-state index in [0.717, 1.165) is 0 Å². The SMILES string of the molecule is C[C@H]1COC[C@@H](c2ccc(OCCC(F)(F)F)nn2)N1. The normalized spacial score (nSPS) is 23.6. The van der Waals surface area contributed by atoms with Gasteiger partial charge in [-0.1, -0.05) is 0 Å². The van der Waals surface area contributed by atoms with Gasteiger partial charge in [0.15, 0.2) is 0 Å². The fraction of sp³-hybridized carbons (Fsp3) is 0.667. The molecular formula is C12H16F3N3O2. The zero-order valence-corrected chi connectivity index (χ0v) is 11.0. The zero-order chi connectivity index (χ0) is 14.6. The molecule has 0 unspecified atom stereocenters. The number of morpholine rings is 1. The first-order chi connectivity index (χ1) is 9.44. The summed E-state index contributed by atoms with van der Waals surface area (Å²) in [4.78, 5) is 0. The van der Waals surface area contributed by atoms with E-state index < -0.39 is 19.2 Å². The van der Waals surface area contributed by atoms with Gasteiger partial charge in [-0.15, -0.1) is 5.10 Å². The molecule has 0 bridgehead atoms. The maximum Gasteiger partial charge on any atom is 0.392 e. The average Bonchev–Trinajstić information content (AvgIpc) is 2.38. The van der Waals surface area contributed by atoms with Crippen molar-refractivity contribution in [3.05, 3.63) is 17.8 Å². The van der Waals surface area contributed by atoms with Gasteiger partial charge in [-0.25, -0.2) is 0 Å². The molecule has 5 nitrogen and oxygen atoms in total. The molecule has 1 aliphatic heterocycles. The molecule has 0 spiro atoms. The Morgan fingerprint density at radius 1 is 1.35 bits per heavy atom. The molecule has 0 radical (unpaired) electrons. The van der Waals surface area contributed by atoms with Gasteiger partial charge >= 0.3 is 6.18 Å². The number of ether oxygens (including phenoxy) is 2. The Balaban J connectivity index is 1.86. The quantitative estimate of drug-likeness (QED) is 0.917. The Kier molecular flexibility index (Phi) is 4.77. The van der Waals surface area contributed by atoms with Gasteiger partial charge in [-0.2, -0.15) is 18.3 Å². The summed E-state index contributed by atoms with van der Waals surface area (Å²) in [5.74, 6) is 0.0859. The van der Waals surface area contributed by atoms with Crippen molar-refractivity contribution in [1.29, 1.82) is 0 Å². The fourth-order valence-electron chi connectivity index (χ4n) is 1.84. The average molecular weight is 291 g/mol. The minimum atomic E-state index is -4.23. The Hall–Kier alpha value is -1.41. The molecule has 8 heteroatoms. The van der Waals surface area contributed by atoms with Crippen LogP contribution in [0.1, 0.15) is 25.1 Å². The van der Waals surface area contributed by atoms with Crippen molar-refractivity contribution in [2.45, 2.75) is 31.6 Å². The highest BCUT2D eigenvalue weighted by molar-refractivity contribution is 5.14. The van der Waals surface area contributed by atoms with Gasteiger partial charge in [0.1, 0.15) is 0 Å². The molecule has 2 rings (SSSR count). The lowest BCUT2D eigenvalue weighted by atomic mass is 10.1. The van der Waals surface area contributed by atoms with Crippen molar-refractivity contribution in [3.8, 4) is 5.88 Å². The molecule has 0 saturated carbocycles. The lowest BCUT2D eigenvalue weighted by Gasteiger charge is -2.28. The maximum absolute atomic E-state index is 12.0. The second-order valence-corrected chi connectivity index (χ2v) is 4.67. The highest BCUT2D eigenvalue weighted by atomic mass is 19.4. The topological polar surface area (TPSA) is 56.3 Å². The molecule has 0 amide bonds. The van der Waals surface area contributed by atoms with Gasteiger partial charge < -0.3 is 14.8 Å². The number of aromatic nitrogens is 2. The van der Waals surface area contributed by atoms with Crippen LogP contribution in [0.2, 0.25) is 0 Å². The highest BCUT2D eigenvalue weighted by Gasteiger charge is 2.27. The molecule has 0 aliphatic carbocycles. The van der Waals surface area contributed by atoms with Crippen molar-refractivity contribution in [3.63, 3.8) is 0 Å². The number of halogens is 3. The summed E-state index contributed by atoms with van der Waals surface area (Å²) in [5.41, 5.74) is 0.680. The summed E-state index contributed by atoms with van der Waals surface area (Å²) in [7, 11) is 0. The Labute approximate surface area is 114 Å². The van der Waals surface area contributed by atoms with E-state index in [1.54, 1.807) is 6.07 Å². The molecular weight excluding hydrogens is 275 g/mol. The van der Waals surface area contributed by atoms with Crippen LogP contribution in [0.25, 0.3) is 0 Å². The Morgan fingerprint density at radius 2 is 2.15 bits per heavy atom. The van der Waals surface area contributed by atoms with Crippen molar-refractivity contribution in [1.82, 2.24) is 15.5 Å². The lowest BCUT2D eigenvalue weighted by Crippen LogP contribution is -2.42. The minimum Gasteiger partial charge on any atom is -0.476 e. The molecule has 2 atom stereocenters. The third kappa shape index (κ3) is 4.61. The van der Waals surface area contributed by atoms with E-state index >= 15 is 0 Å². The summed E-state index contributed by atoms with van der Waals surface area (Å²) in [6.45, 7) is 2.67. The highest BCUT2D eigenvalue weighted by Crippen LogP contribution is 2.20. The standard InChI is InChI=1S/C12H16F3N3O2/c1-8-6-19-7-10(16-8)9-2-3-11(18-17-9)20-5-4-12(13,14)15/h2-3,8,10,16H,4-7H2,1H3/t8-,10-/m0/s1. The molecule has 1 fully saturated rings. The molecule has 0 aromatic carbocycles. The Bertz CT molecular complexity index is 425. The summed E-state index contributed by atoms with van der Waals surface area (Å²) in [6, 6.07) is 3.35. The van der Waals surface area contributed by atoms with Crippen LogP contribution in [-0.2, 0) is 4.74 Å². The molecule has 1 aliphatic rings. The predicted molar refractivity (Wildman–Crippen MR) is 64.4 cm³/mol. The molecule has 20 heavy (non-hydrogen) atoms. The Morgan fingerprint density at radius 3 is 2.75 bits per heavy atom. The first-order valence-electron chi connectivity index (χ1n) is 6.31. The zero-order valence-electron chi connectivity index (χ0n) is 11.0. The predicted octanol–water partition coefficient (Wildman–Crippen LogP) is 1.86. The van der Waals surface area contributed by atoms with E-state index in [1.165, 1.54) is 6.07 Å². The van der Waals surface area contributed by atoms with E-state index in [4.69, 9.17) is 9.47 Å². The van der Waals surface area contributed by atoms with Crippen molar-refractivity contribution in [2.75, 3.05) is 19.8 Å². The molecule has 1 saturated heterocycles. The molecule has 1 N–H and O–H groups in total. The third-order valence-corrected chi connectivity index (χ3v) is 2.79. The van der Waals surface area contributed by atoms with Crippen LogP contribution in [0, 0.1) is 0 Å². The number of hydrogen-bond acceptors (Lipinski definition) is 5. The summed E-state index contributed by atoms with van der Waals surface area (Å²) < 4.78 is 46.2. The molecule has 1 aromatic rings. The van der Waals surface area contributed by atoms with Crippen molar-refractivity contribution in [2.24, 2.45) is 0 Å². The molecule has 2 heterocycles. The van der Waals surface area contributed by atoms with Gasteiger partial charge in [-0.05, 0) is 13.0 Å². The molecule has 112 valence electrons. The first kappa shape index (κ1) is 15.0. The second kappa shape index (κ2) is 6.36. The lowest BCUT2D eigenvalue weighted by molar-refractivity contribution is -0.139. The van der Waals surface area contributed by atoms with Crippen LogP contribution < -0.4 is 10.1 Å². The second-order valence-electron chi connectivity index (χ2n) is 4.67. The summed E-state index contributed by atoms with van der Waals surface area (Å²) in [6.07, 6.45) is -5.24. The van der Waals surface area contributed by atoms with Crippen LogP contribution in [0.15, 0.2) is 12.1 Å². The first-order valence-corrected chi connectivity index (χ1v) is 6.31. The van der Waals surface area contributed by atoms with E-state index in [9.17, 15) is 13.2 Å². The van der Waals surface area contributed by atoms with Gasteiger partial charge in [-0.3, -0.25) is 0 Å². The minimum absolute atomic E-state index is 0.0597. The van der Waals surface area contributed by atoms with Gasteiger partial charge in [0.2, 0.25) is 5.88 Å². The van der Waals surface area contributed by atoms with Crippen molar-refractivity contribution >= 4 is 0 Å². The third-order valence-electron chi connectivity index (χ3n) is 2.79. The van der Waals surface area contributed by atoms with Crippen LogP contribution in [0.5, 0.6) is 5.88 Å². The number of nitrogens with zero attached hydrogens (tertiary/aromatic N) is 2. The molecule has 1 aromatic heterocycles. The number of rotatable bonds is 4. The number of hydrogen-bond donors (Lipinski definition) is 1. The number of nitrogens with one attached hydrogen (secondary N) is 1. The van der Waals surface area contributed by atoms with Gasteiger partial charge in [0.05, 0.1) is 38.0 Å². The van der Waals surface area contributed by atoms with E-state index in [-0.39, 0.29) is 18.0 Å². The van der Waals surface area contributed by atoms with Gasteiger partial charge in [0.25, 0.3) is 0 Å². The van der Waals surface area contributed by atoms with Crippen molar-refractivity contribution < 1.29 is 22.6 Å². The largest absolute Gasteiger partial charge is 0.476 e. The van der Waals surface area contributed by atoms with E-state index in [2.05, 4.69) is 15.5 Å². The summed E-state index contributed by atoms with van der Waals surface area (Å²) in [5, 5.41) is 11.0. The maximum atomic E-state index is 12.0. The smallest absolute Gasteiger partial charge is 0.392 e. The van der Waals surface area contributed by atoms with E-state index in [0.29, 0.717) is 18.9 Å². The monoisotopic (exact) mass is 291 g/mol. The van der Waals surface area contributed by atoms with Crippen LogP contribution in [-0.4, -0.2) is 42.2 Å². The fourth-order valence-corrected chi connectivity index (χ4v) is 1.84. The van der Waals surface area contributed by atoms with Crippen LogP contribution in [0.3, 0.4) is 0 Å². The van der Waals surface area contributed by atoms with E-state index in [1.807, 2.05) is 6.92 Å². The number of alkyl halides is 3. The van der Waals surface area contributed by atoms with Crippen LogP contribution in [0.4, 0.5) is 13.2 Å². The van der Waals surface area contributed by atoms with Gasteiger partial charge in [0, 0.05) is 12.1 Å². The van der Waals surface area contributed by atoms with Crippen LogP contribution >= 0.6 is 0 Å². The summed E-state index contributed by atoms with van der Waals surface area (Å²) >= 11 is 0.